The van der Waals surface area contributed by atoms with Gasteiger partial charge in [0, 0.05) is 5.56 Å². The van der Waals surface area contributed by atoms with Gasteiger partial charge >= 0.3 is 5.97 Å². The Labute approximate surface area is 158 Å². The molecule has 4 aromatic rings. The molecule has 3 heterocycles. The molecule has 9 heteroatoms. The van der Waals surface area contributed by atoms with Crippen molar-refractivity contribution in [2.75, 3.05) is 12.4 Å². The van der Waals surface area contributed by atoms with Gasteiger partial charge in [0.1, 0.15) is 10.6 Å². The van der Waals surface area contributed by atoms with E-state index >= 15 is 0 Å². The van der Waals surface area contributed by atoms with E-state index in [2.05, 4.69) is 20.4 Å². The number of hydrogen-bond acceptors (Lipinski definition) is 7. The fourth-order valence-electron chi connectivity index (χ4n) is 2.68. The van der Waals surface area contributed by atoms with Gasteiger partial charge in [0.05, 0.1) is 18.5 Å². The number of aromatic nitrogens is 4. The Morgan fingerprint density at radius 1 is 1.19 bits per heavy atom. The maximum absolute atomic E-state index is 11.2. The number of carboxylic acids is 1. The minimum absolute atomic E-state index is 0.195. The van der Waals surface area contributed by atoms with Crippen molar-refractivity contribution in [2.24, 2.45) is 0 Å². The summed E-state index contributed by atoms with van der Waals surface area (Å²) in [6.45, 7) is 1.66. The number of carbonyl (C=O) groups is 1. The van der Waals surface area contributed by atoms with Crippen LogP contribution in [0, 0.1) is 6.92 Å². The average Bonchev–Trinajstić information content (AvgIpc) is 3.24. The molecular formula is C18H15N5O3S. The van der Waals surface area contributed by atoms with Gasteiger partial charge in [-0.2, -0.15) is 4.98 Å². The molecular weight excluding hydrogens is 366 g/mol. The highest BCUT2D eigenvalue weighted by molar-refractivity contribution is 7.17. The first-order valence-corrected chi connectivity index (χ1v) is 8.85. The number of aromatic carboxylic acids is 1. The summed E-state index contributed by atoms with van der Waals surface area (Å²) in [5.74, 6) is 0.129. The Bertz CT molecular complexity index is 1130. The summed E-state index contributed by atoms with van der Waals surface area (Å²) < 4.78 is 6.92. The summed E-state index contributed by atoms with van der Waals surface area (Å²) in [4.78, 5) is 20.0. The summed E-state index contributed by atoms with van der Waals surface area (Å²) in [6.07, 6.45) is 0. The standard InChI is InChI=1S/C18H15N5O3S/c1-10-15(16(24)25)27-18(19-10)21-17-20-14-5-3-4-13(23(14)22-17)11-6-8-12(26-2)9-7-11/h3-9H,1-2H3,(H,24,25)(H,19,21,22). The van der Waals surface area contributed by atoms with E-state index in [0.717, 1.165) is 28.3 Å². The lowest BCUT2D eigenvalue weighted by Gasteiger charge is -2.05. The van der Waals surface area contributed by atoms with Crippen molar-refractivity contribution in [1.29, 1.82) is 0 Å². The Morgan fingerprint density at radius 3 is 2.63 bits per heavy atom. The quantitative estimate of drug-likeness (QED) is 0.544. The summed E-state index contributed by atoms with van der Waals surface area (Å²) in [7, 11) is 1.63. The second-order valence-electron chi connectivity index (χ2n) is 5.71. The van der Waals surface area contributed by atoms with Crippen LogP contribution >= 0.6 is 11.3 Å². The van der Waals surface area contributed by atoms with Gasteiger partial charge in [-0.3, -0.25) is 5.32 Å². The molecule has 0 bridgehead atoms. The van der Waals surface area contributed by atoms with Crippen molar-refractivity contribution in [2.45, 2.75) is 6.92 Å². The number of pyridine rings is 1. The van der Waals surface area contributed by atoms with Crippen molar-refractivity contribution in [3.63, 3.8) is 0 Å². The summed E-state index contributed by atoms with van der Waals surface area (Å²) in [5, 5.41) is 17.1. The van der Waals surface area contributed by atoms with E-state index < -0.39 is 5.97 Å². The van der Waals surface area contributed by atoms with E-state index in [1.54, 1.807) is 18.5 Å². The first-order chi connectivity index (χ1) is 13.0. The second kappa shape index (κ2) is 6.69. The van der Waals surface area contributed by atoms with Crippen molar-refractivity contribution < 1.29 is 14.6 Å². The van der Waals surface area contributed by atoms with Crippen LogP contribution in [0.2, 0.25) is 0 Å². The molecule has 2 N–H and O–H groups in total. The lowest BCUT2D eigenvalue weighted by molar-refractivity contribution is 0.0701. The van der Waals surface area contributed by atoms with Gasteiger partial charge in [0.2, 0.25) is 5.95 Å². The van der Waals surface area contributed by atoms with E-state index in [4.69, 9.17) is 9.84 Å². The van der Waals surface area contributed by atoms with Crippen molar-refractivity contribution in [1.82, 2.24) is 19.6 Å². The lowest BCUT2D eigenvalue weighted by Crippen LogP contribution is -1.95. The van der Waals surface area contributed by atoms with Crippen molar-refractivity contribution in [3.05, 3.63) is 53.0 Å². The number of methoxy groups -OCH3 is 1. The molecule has 4 rings (SSSR count). The molecule has 0 aliphatic heterocycles. The monoisotopic (exact) mass is 381 g/mol. The zero-order valence-electron chi connectivity index (χ0n) is 14.5. The van der Waals surface area contributed by atoms with Crippen LogP contribution in [0.3, 0.4) is 0 Å². The van der Waals surface area contributed by atoms with Gasteiger partial charge in [-0.05, 0) is 43.3 Å². The third-order valence-electron chi connectivity index (χ3n) is 3.96. The van der Waals surface area contributed by atoms with Crippen LogP contribution in [0.15, 0.2) is 42.5 Å². The number of anilines is 2. The number of aryl methyl sites for hydroxylation is 1. The molecule has 0 spiro atoms. The molecule has 0 radical (unpaired) electrons. The Hall–Kier alpha value is -3.46. The molecule has 0 fully saturated rings. The highest BCUT2D eigenvalue weighted by atomic mass is 32.1. The number of rotatable bonds is 5. The molecule has 3 aromatic heterocycles. The number of ether oxygens (including phenoxy) is 1. The SMILES string of the molecule is COc1ccc(-c2cccc3nc(Nc4nc(C)c(C(=O)O)s4)nn23)cc1. The molecule has 0 saturated carbocycles. The number of nitrogens with zero attached hydrogens (tertiary/aromatic N) is 4. The molecule has 0 atom stereocenters. The molecule has 8 nitrogen and oxygen atoms in total. The van der Waals surface area contributed by atoms with Crippen LogP contribution in [-0.2, 0) is 0 Å². The average molecular weight is 381 g/mol. The first-order valence-electron chi connectivity index (χ1n) is 8.03. The minimum Gasteiger partial charge on any atom is -0.497 e. The summed E-state index contributed by atoms with van der Waals surface area (Å²) in [6, 6.07) is 13.4. The van der Waals surface area contributed by atoms with Crippen LogP contribution < -0.4 is 10.1 Å². The van der Waals surface area contributed by atoms with Gasteiger partial charge < -0.3 is 9.84 Å². The molecule has 136 valence electrons. The molecule has 0 saturated heterocycles. The molecule has 1 aromatic carbocycles. The molecule has 0 unspecified atom stereocenters. The lowest BCUT2D eigenvalue weighted by atomic mass is 10.1. The van der Waals surface area contributed by atoms with Crippen LogP contribution in [0.4, 0.5) is 11.1 Å². The number of fused-ring (bicyclic) bond motifs is 1. The maximum atomic E-state index is 11.2. The largest absolute Gasteiger partial charge is 0.497 e. The van der Waals surface area contributed by atoms with Crippen LogP contribution in [0.5, 0.6) is 5.75 Å². The second-order valence-corrected chi connectivity index (χ2v) is 6.71. The number of benzene rings is 1. The Balaban J connectivity index is 1.70. The molecule has 0 amide bonds. The fraction of sp³-hybridized carbons (Fsp3) is 0.111. The van der Waals surface area contributed by atoms with E-state index in [0.29, 0.717) is 22.4 Å². The van der Waals surface area contributed by atoms with Gasteiger partial charge in [-0.1, -0.05) is 17.4 Å². The number of nitrogens with one attached hydrogen (secondary N) is 1. The predicted molar refractivity (Wildman–Crippen MR) is 102 cm³/mol. The minimum atomic E-state index is -0.997. The van der Waals surface area contributed by atoms with E-state index in [9.17, 15) is 4.79 Å². The van der Waals surface area contributed by atoms with Crippen LogP contribution in [-0.4, -0.2) is 37.8 Å². The topological polar surface area (TPSA) is 102 Å². The summed E-state index contributed by atoms with van der Waals surface area (Å²) in [5.41, 5.74) is 2.96. The predicted octanol–water partition coefficient (Wildman–Crippen LogP) is 3.61. The first kappa shape index (κ1) is 17.0. The number of thiazole rings is 1. The van der Waals surface area contributed by atoms with Gasteiger partial charge in [-0.25, -0.2) is 14.3 Å². The molecule has 0 aliphatic carbocycles. The smallest absolute Gasteiger partial charge is 0.347 e. The van der Waals surface area contributed by atoms with Crippen LogP contribution in [0.25, 0.3) is 16.9 Å². The third kappa shape index (κ3) is 3.20. The normalized spacial score (nSPS) is 10.9. The zero-order chi connectivity index (χ0) is 19.0. The molecule has 0 aliphatic rings. The van der Waals surface area contributed by atoms with Gasteiger partial charge in [0.25, 0.3) is 0 Å². The number of carboxylic acid groups (broad SMARTS) is 1. The fourth-order valence-corrected chi connectivity index (χ4v) is 3.48. The van der Waals surface area contributed by atoms with Gasteiger partial charge in [-0.15, -0.1) is 5.10 Å². The Kier molecular flexibility index (Phi) is 4.21. The van der Waals surface area contributed by atoms with E-state index in [1.807, 2.05) is 42.5 Å². The van der Waals surface area contributed by atoms with Gasteiger partial charge in [0.15, 0.2) is 10.8 Å². The van der Waals surface area contributed by atoms with E-state index in [-0.39, 0.29) is 4.88 Å². The van der Waals surface area contributed by atoms with E-state index in [1.165, 1.54) is 0 Å². The van der Waals surface area contributed by atoms with Crippen molar-refractivity contribution >= 4 is 34.0 Å². The van der Waals surface area contributed by atoms with Crippen molar-refractivity contribution in [3.8, 4) is 17.0 Å². The van der Waals surface area contributed by atoms with Crippen LogP contribution in [0.1, 0.15) is 15.4 Å². The summed E-state index contributed by atoms with van der Waals surface area (Å²) >= 11 is 1.05. The maximum Gasteiger partial charge on any atom is 0.347 e. The Morgan fingerprint density at radius 2 is 1.96 bits per heavy atom. The highest BCUT2D eigenvalue weighted by Gasteiger charge is 2.16. The number of hydrogen-bond donors (Lipinski definition) is 2. The highest BCUT2D eigenvalue weighted by Crippen LogP contribution is 2.26. The molecule has 27 heavy (non-hydrogen) atoms. The zero-order valence-corrected chi connectivity index (χ0v) is 15.3. The third-order valence-corrected chi connectivity index (χ3v) is 5.02.